The summed E-state index contributed by atoms with van der Waals surface area (Å²) in [7, 11) is 0. The average molecular weight is 406 g/mol. The summed E-state index contributed by atoms with van der Waals surface area (Å²) in [6, 6.07) is 10.2. The highest BCUT2D eigenvalue weighted by Gasteiger charge is 2.28. The van der Waals surface area contributed by atoms with E-state index in [2.05, 4.69) is 53.4 Å². The highest BCUT2D eigenvalue weighted by atomic mass is 79.9. The quantitative estimate of drug-likeness (QED) is 0.793. The first-order valence-corrected chi connectivity index (χ1v) is 9.61. The van der Waals surface area contributed by atoms with Crippen LogP contribution in [0.5, 0.6) is 0 Å². The molecule has 1 N–H and O–H groups in total. The number of rotatable bonds is 4. The number of morpholine rings is 1. The van der Waals surface area contributed by atoms with Gasteiger partial charge in [-0.05, 0) is 58.0 Å². The second-order valence-corrected chi connectivity index (χ2v) is 8.03. The molecule has 0 aliphatic carbocycles. The van der Waals surface area contributed by atoms with Gasteiger partial charge in [0, 0.05) is 27.1 Å². The van der Waals surface area contributed by atoms with E-state index in [0.29, 0.717) is 6.54 Å². The molecule has 1 aliphatic heterocycles. The van der Waals surface area contributed by atoms with Gasteiger partial charge in [-0.2, -0.15) is 0 Å². The maximum absolute atomic E-state index is 12.9. The van der Waals surface area contributed by atoms with E-state index < -0.39 is 0 Å². The van der Waals surface area contributed by atoms with E-state index >= 15 is 0 Å². The van der Waals surface area contributed by atoms with Crippen LogP contribution in [0.15, 0.2) is 34.8 Å². The lowest BCUT2D eigenvalue weighted by molar-refractivity contribution is -0.906. The molecule has 0 saturated carbocycles. The van der Waals surface area contributed by atoms with E-state index in [1.54, 1.807) is 0 Å². The Kier molecular flexibility index (Phi) is 5.46. The summed E-state index contributed by atoms with van der Waals surface area (Å²) in [6.07, 6.45) is 0.420. The normalized spacial score (nSPS) is 23.6. The van der Waals surface area contributed by atoms with Crippen LogP contribution < -0.4 is 4.90 Å². The molecule has 0 unspecified atom stereocenters. The van der Waals surface area contributed by atoms with Gasteiger partial charge in [-0.1, -0.05) is 15.9 Å². The minimum absolute atomic E-state index is 0.210. The van der Waals surface area contributed by atoms with Gasteiger partial charge >= 0.3 is 0 Å². The predicted molar refractivity (Wildman–Crippen MR) is 103 cm³/mol. The van der Waals surface area contributed by atoms with E-state index in [1.807, 2.05) is 25.1 Å². The van der Waals surface area contributed by atoms with Crippen molar-refractivity contribution in [2.75, 3.05) is 19.6 Å². The lowest BCUT2D eigenvalue weighted by Gasteiger charge is -2.31. The van der Waals surface area contributed by atoms with Crippen LogP contribution in [0.25, 0.3) is 5.69 Å². The van der Waals surface area contributed by atoms with E-state index in [-0.39, 0.29) is 18.0 Å². The molecule has 2 aromatic rings. The molecule has 2 atom stereocenters. The Bertz CT molecular complexity index is 757. The number of benzene rings is 1. The number of carbonyl (C=O) groups is 1. The first-order valence-electron chi connectivity index (χ1n) is 8.82. The van der Waals surface area contributed by atoms with Crippen LogP contribution >= 0.6 is 15.9 Å². The lowest BCUT2D eigenvalue weighted by atomic mass is 10.1. The number of hydrogen-bond donors (Lipinski definition) is 1. The highest BCUT2D eigenvalue weighted by Crippen LogP contribution is 2.22. The molecule has 3 rings (SSSR count). The number of carbonyl (C=O) groups excluding carboxylic acids is 1. The maximum Gasteiger partial charge on any atom is 0.218 e. The van der Waals surface area contributed by atoms with Crippen LogP contribution in [-0.4, -0.2) is 42.2 Å². The number of aryl methyl sites for hydroxylation is 1. The maximum atomic E-state index is 12.9. The van der Waals surface area contributed by atoms with Crippen molar-refractivity contribution in [3.8, 4) is 5.69 Å². The topological polar surface area (TPSA) is 35.7 Å². The number of nitrogens with zero attached hydrogens (tertiary/aromatic N) is 1. The number of aromatic nitrogens is 1. The monoisotopic (exact) mass is 405 g/mol. The summed E-state index contributed by atoms with van der Waals surface area (Å²) >= 11 is 3.47. The van der Waals surface area contributed by atoms with E-state index in [9.17, 15) is 4.79 Å². The Morgan fingerprint density at radius 1 is 1.20 bits per heavy atom. The van der Waals surface area contributed by atoms with Gasteiger partial charge in [-0.25, -0.2) is 0 Å². The number of quaternary nitrogens is 1. The van der Waals surface area contributed by atoms with Crippen LogP contribution in [0.4, 0.5) is 0 Å². The number of nitrogens with one attached hydrogen (secondary N) is 1. The molecule has 0 radical (unpaired) electrons. The molecule has 1 fully saturated rings. The summed E-state index contributed by atoms with van der Waals surface area (Å²) < 4.78 is 8.98. The van der Waals surface area contributed by atoms with Gasteiger partial charge in [-0.3, -0.25) is 4.79 Å². The molecule has 1 saturated heterocycles. The average Bonchev–Trinajstić information content (AvgIpc) is 2.82. The van der Waals surface area contributed by atoms with Gasteiger partial charge in [0.05, 0.1) is 0 Å². The van der Waals surface area contributed by atoms with Gasteiger partial charge in [0.25, 0.3) is 0 Å². The van der Waals surface area contributed by atoms with Crippen LogP contribution in [0.3, 0.4) is 0 Å². The summed E-state index contributed by atoms with van der Waals surface area (Å²) in [5.74, 6) is 0.216. The zero-order chi connectivity index (χ0) is 18.1. The SMILES string of the molecule is Cc1cc(C(=O)C[NH+]2C[C@H](C)O[C@@H](C)C2)c(C)n1-c1ccc(Br)cc1. The van der Waals surface area contributed by atoms with Gasteiger partial charge < -0.3 is 14.2 Å². The van der Waals surface area contributed by atoms with Crippen molar-refractivity contribution in [1.82, 2.24) is 4.57 Å². The molecular formula is C20H26BrN2O2+. The molecule has 2 heterocycles. The molecule has 0 bridgehead atoms. The van der Waals surface area contributed by atoms with Gasteiger partial charge in [0.2, 0.25) is 5.78 Å². The smallest absolute Gasteiger partial charge is 0.218 e. The Morgan fingerprint density at radius 2 is 1.80 bits per heavy atom. The number of ether oxygens (including phenoxy) is 1. The molecule has 0 spiro atoms. The summed E-state index contributed by atoms with van der Waals surface area (Å²) in [5, 5.41) is 0. The first-order chi connectivity index (χ1) is 11.8. The van der Waals surface area contributed by atoms with Crippen molar-refractivity contribution in [2.24, 2.45) is 0 Å². The lowest BCUT2D eigenvalue weighted by Crippen LogP contribution is -3.16. The summed E-state index contributed by atoms with van der Waals surface area (Å²) in [6.45, 7) is 10.6. The molecule has 1 aromatic heterocycles. The van der Waals surface area contributed by atoms with Crippen molar-refractivity contribution >= 4 is 21.7 Å². The number of halogens is 1. The molecule has 1 aromatic carbocycles. The van der Waals surface area contributed by atoms with Crippen molar-refractivity contribution in [1.29, 1.82) is 0 Å². The zero-order valence-corrected chi connectivity index (χ0v) is 16.9. The number of ketones is 1. The second-order valence-electron chi connectivity index (χ2n) is 7.11. The van der Waals surface area contributed by atoms with Gasteiger partial charge in [-0.15, -0.1) is 0 Å². The number of hydrogen-bond acceptors (Lipinski definition) is 2. The predicted octanol–water partition coefficient (Wildman–Crippen LogP) is 2.73. The third kappa shape index (κ3) is 4.05. The first kappa shape index (κ1) is 18.4. The molecule has 0 amide bonds. The second kappa shape index (κ2) is 7.44. The third-order valence-electron chi connectivity index (χ3n) is 4.84. The minimum Gasteiger partial charge on any atom is -0.364 e. The highest BCUT2D eigenvalue weighted by molar-refractivity contribution is 9.10. The summed E-state index contributed by atoms with van der Waals surface area (Å²) in [4.78, 5) is 14.2. The van der Waals surface area contributed by atoms with E-state index in [1.165, 1.54) is 4.90 Å². The fourth-order valence-corrected chi connectivity index (χ4v) is 4.15. The Balaban J connectivity index is 1.82. The molecule has 25 heavy (non-hydrogen) atoms. The van der Waals surface area contributed by atoms with Gasteiger partial charge in [0.1, 0.15) is 31.8 Å². The fraction of sp³-hybridized carbons (Fsp3) is 0.450. The molecular weight excluding hydrogens is 380 g/mol. The minimum atomic E-state index is 0.210. The standard InChI is InChI=1S/C20H25BrN2O2/c1-13-9-19(16(4)23(13)18-7-5-17(21)6-8-18)20(24)12-22-10-14(2)25-15(3)11-22/h5-9,14-15H,10-12H2,1-4H3/p+1/t14-,15-/m0/s1. The molecule has 5 heteroatoms. The van der Waals surface area contributed by atoms with Crippen molar-refractivity contribution in [3.05, 3.63) is 51.8 Å². The molecule has 134 valence electrons. The van der Waals surface area contributed by atoms with Gasteiger partial charge in [0.15, 0.2) is 0 Å². The van der Waals surface area contributed by atoms with Crippen LogP contribution in [0.2, 0.25) is 0 Å². The third-order valence-corrected chi connectivity index (χ3v) is 5.37. The van der Waals surface area contributed by atoms with E-state index in [0.717, 1.165) is 40.2 Å². The van der Waals surface area contributed by atoms with Crippen LogP contribution in [0.1, 0.15) is 35.6 Å². The van der Waals surface area contributed by atoms with Crippen molar-refractivity contribution < 1.29 is 14.4 Å². The Morgan fingerprint density at radius 3 is 2.40 bits per heavy atom. The molecule has 4 nitrogen and oxygen atoms in total. The van der Waals surface area contributed by atoms with Crippen molar-refractivity contribution in [3.63, 3.8) is 0 Å². The zero-order valence-electron chi connectivity index (χ0n) is 15.3. The summed E-state index contributed by atoms with van der Waals surface area (Å²) in [5.41, 5.74) is 4.01. The Labute approximate surface area is 157 Å². The van der Waals surface area contributed by atoms with E-state index in [4.69, 9.17) is 4.74 Å². The van der Waals surface area contributed by atoms with Crippen LogP contribution in [-0.2, 0) is 4.74 Å². The Hall–Kier alpha value is -1.43. The largest absolute Gasteiger partial charge is 0.364 e. The van der Waals surface area contributed by atoms with Crippen LogP contribution in [0, 0.1) is 13.8 Å². The number of Topliss-reactive ketones (excluding diaryl/α,β-unsaturated/α-hetero) is 1. The fourth-order valence-electron chi connectivity index (χ4n) is 3.89. The van der Waals surface area contributed by atoms with Crippen molar-refractivity contribution in [2.45, 2.75) is 39.9 Å². The molecule has 1 aliphatic rings.